The van der Waals surface area contributed by atoms with Crippen LogP contribution in [-0.4, -0.2) is 16.5 Å². The van der Waals surface area contributed by atoms with Crippen molar-refractivity contribution < 1.29 is 18.8 Å². The van der Waals surface area contributed by atoms with Crippen molar-refractivity contribution in [3.8, 4) is 0 Å². The van der Waals surface area contributed by atoms with Crippen LogP contribution in [0.2, 0.25) is 0 Å². The first-order valence-corrected chi connectivity index (χ1v) is 5.53. The molecule has 0 bridgehead atoms. The van der Waals surface area contributed by atoms with Gasteiger partial charge in [-0.2, -0.15) is 0 Å². The number of hydrogen-bond acceptors (Lipinski definition) is 4. The molecule has 0 fully saturated rings. The van der Waals surface area contributed by atoms with Gasteiger partial charge in [-0.25, -0.2) is 9.18 Å². The Hall–Kier alpha value is -2.24. The van der Waals surface area contributed by atoms with Crippen molar-refractivity contribution in [2.75, 3.05) is 0 Å². The standard InChI is InChI=1S/C13H14FNO4/c1-13(2,3)19-12(16)11(8-15(17)18)9-5-4-6-10(14)7-9/h4-8H,1-3H3/b11-8+. The van der Waals surface area contributed by atoms with Crippen molar-refractivity contribution in [1.82, 2.24) is 0 Å². The number of rotatable bonds is 3. The second kappa shape index (κ2) is 5.60. The third kappa shape index (κ3) is 4.87. The van der Waals surface area contributed by atoms with E-state index in [1.54, 1.807) is 20.8 Å². The van der Waals surface area contributed by atoms with Crippen LogP contribution in [0.4, 0.5) is 4.39 Å². The van der Waals surface area contributed by atoms with Gasteiger partial charge < -0.3 is 4.74 Å². The molecule has 0 atom stereocenters. The molecule has 0 heterocycles. The summed E-state index contributed by atoms with van der Waals surface area (Å²) in [6, 6.07) is 4.99. The lowest BCUT2D eigenvalue weighted by Gasteiger charge is -2.19. The van der Waals surface area contributed by atoms with Crippen LogP contribution >= 0.6 is 0 Å². The van der Waals surface area contributed by atoms with Gasteiger partial charge in [0, 0.05) is 0 Å². The van der Waals surface area contributed by atoms with Crippen molar-refractivity contribution >= 4 is 11.5 Å². The van der Waals surface area contributed by atoms with Crippen LogP contribution in [0.5, 0.6) is 0 Å². The lowest BCUT2D eigenvalue weighted by Crippen LogP contribution is -2.24. The number of esters is 1. The third-order valence-corrected chi connectivity index (χ3v) is 1.99. The van der Waals surface area contributed by atoms with Crippen LogP contribution in [0.3, 0.4) is 0 Å². The van der Waals surface area contributed by atoms with E-state index in [4.69, 9.17) is 4.74 Å². The maximum absolute atomic E-state index is 13.1. The van der Waals surface area contributed by atoms with Gasteiger partial charge in [0.2, 0.25) is 6.20 Å². The Morgan fingerprint density at radius 3 is 2.53 bits per heavy atom. The van der Waals surface area contributed by atoms with Crippen molar-refractivity contribution in [3.05, 3.63) is 52.0 Å². The summed E-state index contributed by atoms with van der Waals surface area (Å²) < 4.78 is 18.2. The van der Waals surface area contributed by atoms with Crippen LogP contribution in [0.25, 0.3) is 5.57 Å². The molecule has 102 valence electrons. The van der Waals surface area contributed by atoms with E-state index >= 15 is 0 Å². The van der Waals surface area contributed by atoms with Gasteiger partial charge in [0.25, 0.3) is 0 Å². The molecule has 0 spiro atoms. The molecule has 0 unspecified atom stereocenters. The number of ether oxygens (including phenoxy) is 1. The lowest BCUT2D eigenvalue weighted by molar-refractivity contribution is -0.401. The van der Waals surface area contributed by atoms with Gasteiger partial charge in [0.05, 0.1) is 4.92 Å². The highest BCUT2D eigenvalue weighted by molar-refractivity contribution is 6.16. The van der Waals surface area contributed by atoms with Crippen LogP contribution < -0.4 is 0 Å². The van der Waals surface area contributed by atoms with Gasteiger partial charge in [-0.15, -0.1) is 0 Å². The number of carbonyl (C=O) groups is 1. The van der Waals surface area contributed by atoms with Crippen molar-refractivity contribution in [2.45, 2.75) is 26.4 Å². The Kier molecular flexibility index (Phi) is 4.37. The van der Waals surface area contributed by atoms with E-state index in [0.29, 0.717) is 6.20 Å². The molecule has 0 aliphatic rings. The summed E-state index contributed by atoms with van der Waals surface area (Å²) in [7, 11) is 0. The second-order valence-electron chi connectivity index (χ2n) is 4.84. The SMILES string of the molecule is CC(C)(C)OC(=O)/C(=C/[N+](=O)[O-])c1cccc(F)c1. The van der Waals surface area contributed by atoms with Crippen LogP contribution in [0, 0.1) is 15.9 Å². The summed E-state index contributed by atoms with van der Waals surface area (Å²) in [4.78, 5) is 21.7. The first kappa shape index (κ1) is 14.8. The molecule has 1 aromatic rings. The molecule has 1 rings (SSSR count). The normalized spacial score (nSPS) is 12.1. The monoisotopic (exact) mass is 267 g/mol. The van der Waals surface area contributed by atoms with E-state index < -0.39 is 22.3 Å². The molecule has 0 aliphatic carbocycles. The fraction of sp³-hybridized carbons (Fsp3) is 0.308. The molecule has 0 aromatic heterocycles. The molecule has 19 heavy (non-hydrogen) atoms. The molecule has 0 saturated carbocycles. The van der Waals surface area contributed by atoms with Crippen LogP contribution in [-0.2, 0) is 9.53 Å². The molecule has 0 aliphatic heterocycles. The number of halogens is 1. The molecule has 6 heteroatoms. The Morgan fingerprint density at radius 2 is 2.05 bits per heavy atom. The maximum Gasteiger partial charge on any atom is 0.345 e. The topological polar surface area (TPSA) is 69.4 Å². The smallest absolute Gasteiger partial charge is 0.345 e. The molecule has 0 amide bonds. The Balaban J connectivity index is 3.17. The second-order valence-corrected chi connectivity index (χ2v) is 4.84. The molecule has 0 N–H and O–H groups in total. The van der Waals surface area contributed by atoms with E-state index in [1.807, 2.05) is 0 Å². The first-order chi connectivity index (χ1) is 8.69. The summed E-state index contributed by atoms with van der Waals surface area (Å²) in [6.07, 6.45) is 0.517. The van der Waals surface area contributed by atoms with Gasteiger partial charge in [-0.1, -0.05) is 12.1 Å². The summed E-state index contributed by atoms with van der Waals surface area (Å²) in [5.41, 5.74) is -0.981. The van der Waals surface area contributed by atoms with Crippen LogP contribution in [0.15, 0.2) is 30.5 Å². The van der Waals surface area contributed by atoms with Crippen LogP contribution in [0.1, 0.15) is 26.3 Å². The number of nitro groups is 1. The minimum Gasteiger partial charge on any atom is -0.456 e. The summed E-state index contributed by atoms with van der Waals surface area (Å²) in [6.45, 7) is 4.92. The Morgan fingerprint density at radius 1 is 1.42 bits per heavy atom. The van der Waals surface area contributed by atoms with Crippen molar-refractivity contribution in [2.24, 2.45) is 0 Å². The molecule has 1 aromatic carbocycles. The average molecular weight is 267 g/mol. The van der Waals surface area contributed by atoms with Gasteiger partial charge >= 0.3 is 5.97 Å². The van der Waals surface area contributed by atoms with E-state index in [0.717, 1.165) is 6.07 Å². The molecule has 5 nitrogen and oxygen atoms in total. The van der Waals surface area contributed by atoms with Crippen molar-refractivity contribution in [3.63, 3.8) is 0 Å². The van der Waals surface area contributed by atoms with E-state index in [1.165, 1.54) is 18.2 Å². The number of nitrogens with zero attached hydrogens (tertiary/aromatic N) is 1. The highest BCUT2D eigenvalue weighted by Gasteiger charge is 2.23. The highest BCUT2D eigenvalue weighted by atomic mass is 19.1. The average Bonchev–Trinajstić information content (AvgIpc) is 2.23. The minimum atomic E-state index is -0.866. The fourth-order valence-electron chi connectivity index (χ4n) is 1.34. The van der Waals surface area contributed by atoms with E-state index in [-0.39, 0.29) is 11.1 Å². The largest absolute Gasteiger partial charge is 0.456 e. The molecular weight excluding hydrogens is 253 g/mol. The highest BCUT2D eigenvalue weighted by Crippen LogP contribution is 2.20. The number of hydrogen-bond donors (Lipinski definition) is 0. The first-order valence-electron chi connectivity index (χ1n) is 5.53. The predicted molar refractivity (Wildman–Crippen MR) is 67.2 cm³/mol. The lowest BCUT2D eigenvalue weighted by atomic mass is 10.1. The quantitative estimate of drug-likeness (QED) is 0.365. The third-order valence-electron chi connectivity index (χ3n) is 1.99. The zero-order chi connectivity index (χ0) is 14.6. The predicted octanol–water partition coefficient (Wildman–Crippen LogP) is 2.79. The zero-order valence-electron chi connectivity index (χ0n) is 10.8. The zero-order valence-corrected chi connectivity index (χ0v) is 10.8. The summed E-state index contributed by atoms with van der Waals surface area (Å²) in [5, 5.41) is 10.6. The van der Waals surface area contributed by atoms with E-state index in [9.17, 15) is 19.3 Å². The number of carbonyl (C=O) groups excluding carboxylic acids is 1. The Labute approximate surface area is 109 Å². The van der Waals surface area contributed by atoms with Crippen molar-refractivity contribution in [1.29, 1.82) is 0 Å². The van der Waals surface area contributed by atoms with Gasteiger partial charge in [-0.3, -0.25) is 10.1 Å². The maximum atomic E-state index is 13.1. The fourth-order valence-corrected chi connectivity index (χ4v) is 1.34. The molecule has 0 radical (unpaired) electrons. The number of benzene rings is 1. The summed E-state index contributed by atoms with van der Waals surface area (Å²) >= 11 is 0. The molecular formula is C13H14FNO4. The summed E-state index contributed by atoms with van der Waals surface area (Å²) in [5.74, 6) is -1.45. The van der Waals surface area contributed by atoms with Gasteiger partial charge in [0.15, 0.2) is 0 Å². The van der Waals surface area contributed by atoms with E-state index in [2.05, 4.69) is 0 Å². The molecule has 0 saturated heterocycles. The van der Waals surface area contributed by atoms with Gasteiger partial charge in [-0.05, 0) is 38.5 Å². The van der Waals surface area contributed by atoms with Gasteiger partial charge in [0.1, 0.15) is 17.0 Å². The minimum absolute atomic E-state index is 0.103. The Bertz CT molecular complexity index is 532.